The molecule has 3 aromatic rings. The molecule has 1 atom stereocenters. The van der Waals surface area contributed by atoms with E-state index in [1.54, 1.807) is 13.0 Å². The lowest BCUT2D eigenvalue weighted by atomic mass is 10.2. The maximum Gasteiger partial charge on any atom is 0.417 e. The summed E-state index contributed by atoms with van der Waals surface area (Å²) in [6.07, 6.45) is -0.574. The van der Waals surface area contributed by atoms with Crippen molar-refractivity contribution in [3.05, 3.63) is 62.9 Å². The molecular formula is C23H23ClF3N5O3. The predicted molar refractivity (Wildman–Crippen MR) is 124 cm³/mol. The van der Waals surface area contributed by atoms with E-state index in [9.17, 15) is 18.0 Å². The molecule has 186 valence electrons. The first-order valence-corrected chi connectivity index (χ1v) is 11.2. The Kier molecular flexibility index (Phi) is 6.88. The molecule has 0 spiro atoms. The minimum Gasteiger partial charge on any atom is -0.481 e. The van der Waals surface area contributed by atoms with Crippen LogP contribution in [0.2, 0.25) is 5.15 Å². The molecule has 1 fully saturated rings. The third-order valence-electron chi connectivity index (χ3n) is 5.69. The van der Waals surface area contributed by atoms with Gasteiger partial charge in [0.2, 0.25) is 11.8 Å². The van der Waals surface area contributed by atoms with Gasteiger partial charge in [0.05, 0.1) is 30.1 Å². The van der Waals surface area contributed by atoms with Crippen LogP contribution in [0.1, 0.15) is 35.7 Å². The van der Waals surface area contributed by atoms with Gasteiger partial charge in [-0.1, -0.05) is 11.6 Å². The molecule has 8 nitrogen and oxygen atoms in total. The number of ether oxygens (including phenoxy) is 2. The van der Waals surface area contributed by atoms with Gasteiger partial charge in [-0.15, -0.1) is 0 Å². The van der Waals surface area contributed by atoms with E-state index in [0.717, 1.165) is 30.5 Å². The van der Waals surface area contributed by atoms with Crippen molar-refractivity contribution in [1.82, 2.24) is 19.5 Å². The third kappa shape index (κ3) is 5.67. The van der Waals surface area contributed by atoms with Crippen LogP contribution >= 0.6 is 11.6 Å². The smallest absolute Gasteiger partial charge is 0.417 e. The van der Waals surface area contributed by atoms with Gasteiger partial charge in [-0.3, -0.25) is 4.79 Å². The zero-order valence-electron chi connectivity index (χ0n) is 19.2. The Balaban J connectivity index is 1.58. The summed E-state index contributed by atoms with van der Waals surface area (Å²) >= 11 is 6.25. The van der Waals surface area contributed by atoms with Gasteiger partial charge in [0.25, 0.3) is 5.56 Å². The highest BCUT2D eigenvalue weighted by Crippen LogP contribution is 2.40. The van der Waals surface area contributed by atoms with E-state index in [1.165, 1.54) is 17.9 Å². The van der Waals surface area contributed by atoms with E-state index in [-0.39, 0.29) is 29.4 Å². The van der Waals surface area contributed by atoms with Gasteiger partial charge < -0.3 is 19.4 Å². The molecule has 12 heteroatoms. The number of aromatic nitrogens is 4. The number of hydrogen-bond donors (Lipinski definition) is 1. The lowest BCUT2D eigenvalue weighted by Gasteiger charge is -2.21. The van der Waals surface area contributed by atoms with E-state index in [0.29, 0.717) is 23.5 Å². The zero-order valence-corrected chi connectivity index (χ0v) is 19.9. The number of halogens is 4. The van der Waals surface area contributed by atoms with Crippen LogP contribution in [-0.4, -0.2) is 33.2 Å². The number of rotatable bonds is 8. The zero-order chi connectivity index (χ0) is 25.3. The molecule has 1 aliphatic rings. The molecule has 35 heavy (non-hydrogen) atoms. The van der Waals surface area contributed by atoms with Crippen molar-refractivity contribution in [3.8, 4) is 11.8 Å². The summed E-state index contributed by atoms with van der Waals surface area (Å²) in [7, 11) is 1.53. The van der Waals surface area contributed by atoms with E-state index in [4.69, 9.17) is 21.1 Å². The van der Waals surface area contributed by atoms with Crippen molar-refractivity contribution < 1.29 is 22.6 Å². The summed E-state index contributed by atoms with van der Waals surface area (Å²) in [6.45, 7) is 3.63. The van der Waals surface area contributed by atoms with Gasteiger partial charge in [0.15, 0.2) is 5.82 Å². The first-order chi connectivity index (χ1) is 16.6. The Bertz CT molecular complexity index is 1280. The number of nitrogens with zero attached hydrogens (tertiary/aromatic N) is 4. The summed E-state index contributed by atoms with van der Waals surface area (Å²) in [4.78, 5) is 25.6. The first-order valence-electron chi connectivity index (χ1n) is 10.8. The maximum atomic E-state index is 13.3. The van der Waals surface area contributed by atoms with Crippen LogP contribution in [0.5, 0.6) is 11.8 Å². The van der Waals surface area contributed by atoms with Crippen LogP contribution in [0, 0.1) is 19.8 Å². The fourth-order valence-electron chi connectivity index (χ4n) is 3.68. The second kappa shape index (κ2) is 9.73. The number of aryl methyl sites for hydroxylation is 2. The monoisotopic (exact) mass is 509 g/mol. The van der Waals surface area contributed by atoms with E-state index in [1.807, 2.05) is 6.92 Å². The molecule has 4 rings (SSSR count). The highest BCUT2D eigenvalue weighted by molar-refractivity contribution is 6.29. The van der Waals surface area contributed by atoms with Gasteiger partial charge >= 0.3 is 6.18 Å². The molecule has 0 saturated heterocycles. The fraction of sp³-hybridized carbons (Fsp3) is 0.391. The minimum absolute atomic E-state index is 0.0188. The Labute approximate surface area is 204 Å². The normalized spacial score (nSPS) is 14.5. The highest BCUT2D eigenvalue weighted by atomic mass is 35.5. The summed E-state index contributed by atoms with van der Waals surface area (Å²) in [5.74, 6) is 0.684. The lowest BCUT2D eigenvalue weighted by Crippen LogP contribution is -2.32. The Hall–Kier alpha value is -3.34. The molecule has 0 amide bonds. The van der Waals surface area contributed by atoms with Crippen molar-refractivity contribution >= 4 is 23.1 Å². The van der Waals surface area contributed by atoms with Gasteiger partial charge in [0.1, 0.15) is 11.8 Å². The van der Waals surface area contributed by atoms with Gasteiger partial charge in [-0.2, -0.15) is 13.2 Å². The molecule has 3 heterocycles. The summed E-state index contributed by atoms with van der Waals surface area (Å²) in [6, 6.07) is 3.46. The van der Waals surface area contributed by atoms with Gasteiger partial charge in [-0.05, 0) is 44.7 Å². The van der Waals surface area contributed by atoms with Crippen molar-refractivity contribution in [2.45, 2.75) is 38.9 Å². The van der Waals surface area contributed by atoms with Crippen LogP contribution in [0.4, 0.5) is 24.7 Å². The van der Waals surface area contributed by atoms with Crippen molar-refractivity contribution in [3.63, 3.8) is 0 Å². The van der Waals surface area contributed by atoms with Crippen molar-refractivity contribution in [2.24, 2.45) is 5.92 Å². The summed E-state index contributed by atoms with van der Waals surface area (Å²) < 4.78 is 50.7. The molecule has 3 aromatic heterocycles. The Morgan fingerprint density at radius 2 is 2.00 bits per heavy atom. The molecule has 0 radical (unpaired) electrons. The van der Waals surface area contributed by atoms with E-state index < -0.39 is 23.3 Å². The third-order valence-corrected chi connectivity index (χ3v) is 5.88. The fourth-order valence-corrected chi connectivity index (χ4v) is 3.87. The van der Waals surface area contributed by atoms with E-state index >= 15 is 0 Å². The van der Waals surface area contributed by atoms with Crippen LogP contribution < -0.4 is 20.3 Å². The van der Waals surface area contributed by atoms with E-state index in [2.05, 4.69) is 20.3 Å². The quantitative estimate of drug-likeness (QED) is 0.451. The topological polar surface area (TPSA) is 91.2 Å². The Morgan fingerprint density at radius 1 is 1.26 bits per heavy atom. The standard InChI is InChI=1S/C23H23ClF3N5O3/c1-12-8-16(13(2)29-21(12)34-3)30-20-22(33)32(10-18(24)31-20)17(14-4-5-14)11-35-19-7-6-15(9-28-19)23(25,26)27/h6-10,14,17H,4-5,11H2,1-3H3,(H,30,31)/t17-/m1/s1. The molecule has 0 aromatic carbocycles. The average Bonchev–Trinajstić information content (AvgIpc) is 3.64. The predicted octanol–water partition coefficient (Wildman–Crippen LogP) is 5.10. The van der Waals surface area contributed by atoms with Crippen LogP contribution in [0.3, 0.4) is 0 Å². The van der Waals surface area contributed by atoms with Crippen LogP contribution in [-0.2, 0) is 6.18 Å². The minimum atomic E-state index is -4.48. The first kappa shape index (κ1) is 24.8. The van der Waals surface area contributed by atoms with Crippen molar-refractivity contribution in [2.75, 3.05) is 19.0 Å². The molecule has 1 N–H and O–H groups in total. The summed E-state index contributed by atoms with van der Waals surface area (Å²) in [5.41, 5.74) is 0.680. The van der Waals surface area contributed by atoms with Gasteiger partial charge in [0, 0.05) is 24.0 Å². The number of methoxy groups -OCH3 is 1. The molecular weight excluding hydrogens is 487 g/mol. The number of hydrogen-bond acceptors (Lipinski definition) is 7. The second-order valence-electron chi connectivity index (χ2n) is 8.30. The summed E-state index contributed by atoms with van der Waals surface area (Å²) in [5, 5.41) is 3.11. The highest BCUT2D eigenvalue weighted by Gasteiger charge is 2.35. The largest absolute Gasteiger partial charge is 0.481 e. The van der Waals surface area contributed by atoms with Crippen LogP contribution in [0.25, 0.3) is 0 Å². The number of pyridine rings is 2. The number of nitrogens with one attached hydrogen (secondary N) is 1. The SMILES string of the molecule is COc1nc(C)c(Nc2nc(Cl)cn([C@H](COc3ccc(C(F)(F)F)cn3)C3CC3)c2=O)cc1C. The lowest BCUT2D eigenvalue weighted by molar-refractivity contribution is -0.137. The number of alkyl halides is 3. The Morgan fingerprint density at radius 3 is 2.60 bits per heavy atom. The second-order valence-corrected chi connectivity index (χ2v) is 8.68. The molecule has 0 aliphatic heterocycles. The number of anilines is 2. The average molecular weight is 510 g/mol. The molecule has 0 unspecified atom stereocenters. The van der Waals surface area contributed by atoms with Crippen molar-refractivity contribution in [1.29, 1.82) is 0 Å². The maximum absolute atomic E-state index is 13.3. The molecule has 1 aliphatic carbocycles. The van der Waals surface area contributed by atoms with Gasteiger partial charge in [-0.25, -0.2) is 15.0 Å². The molecule has 1 saturated carbocycles. The van der Waals surface area contributed by atoms with Crippen LogP contribution in [0.15, 0.2) is 35.4 Å². The molecule has 0 bridgehead atoms.